The average Bonchev–Trinajstić information content (AvgIpc) is 2.70. The van der Waals surface area contributed by atoms with Crippen LogP contribution < -0.4 is 0 Å². The zero-order chi connectivity index (χ0) is 13.6. The number of likely N-dealkylation sites (tertiary alicyclic amines) is 1. The number of carboxylic acid groups (broad SMARTS) is 1. The van der Waals surface area contributed by atoms with Gasteiger partial charge in [-0.05, 0) is 40.0 Å². The minimum absolute atomic E-state index is 0.156. The Bertz CT molecular complexity index is 374. The summed E-state index contributed by atoms with van der Waals surface area (Å²) in [5, 5.41) is 8.97. The van der Waals surface area contributed by atoms with Crippen LogP contribution in [0.1, 0.15) is 46.5 Å². The predicted octanol–water partition coefficient (Wildman–Crippen LogP) is 2.25. The van der Waals surface area contributed by atoms with Gasteiger partial charge in [-0.2, -0.15) is 0 Å². The highest BCUT2D eigenvalue weighted by Crippen LogP contribution is 2.50. The van der Waals surface area contributed by atoms with Gasteiger partial charge in [0.15, 0.2) is 0 Å². The average molecular weight is 255 g/mol. The van der Waals surface area contributed by atoms with Crippen LogP contribution in [-0.4, -0.2) is 40.3 Å². The lowest BCUT2D eigenvalue weighted by Crippen LogP contribution is -2.43. The van der Waals surface area contributed by atoms with Crippen LogP contribution in [0, 0.1) is 5.41 Å². The molecular weight excluding hydrogens is 234 g/mol. The topological polar surface area (TPSA) is 66.8 Å². The Morgan fingerprint density at radius 3 is 2.67 bits per heavy atom. The third-order valence-electron chi connectivity index (χ3n) is 3.78. The second-order valence-corrected chi connectivity index (χ2v) is 6.58. The predicted molar refractivity (Wildman–Crippen MR) is 65.3 cm³/mol. The van der Waals surface area contributed by atoms with E-state index >= 15 is 0 Å². The number of hydrogen-bond donors (Lipinski definition) is 1. The molecule has 18 heavy (non-hydrogen) atoms. The fraction of sp³-hybridized carbons (Fsp3) is 0.846. The van der Waals surface area contributed by atoms with Gasteiger partial charge in [-0.3, -0.25) is 4.79 Å². The van der Waals surface area contributed by atoms with Gasteiger partial charge in [0, 0.05) is 18.0 Å². The lowest BCUT2D eigenvalue weighted by Gasteiger charge is -2.33. The molecule has 0 aromatic heterocycles. The molecule has 2 rings (SSSR count). The molecule has 1 heterocycles. The minimum atomic E-state index is -0.776. The van der Waals surface area contributed by atoms with Crippen molar-refractivity contribution in [1.29, 1.82) is 0 Å². The van der Waals surface area contributed by atoms with Crippen LogP contribution in [0.4, 0.5) is 4.79 Å². The number of piperidine rings is 1. The van der Waals surface area contributed by atoms with Gasteiger partial charge in [0.25, 0.3) is 0 Å². The summed E-state index contributed by atoms with van der Waals surface area (Å²) in [5.41, 5.74) is -0.716. The molecule has 2 bridgehead atoms. The third kappa shape index (κ3) is 2.60. The minimum Gasteiger partial charge on any atom is -0.481 e. The molecule has 1 aliphatic heterocycles. The van der Waals surface area contributed by atoms with Crippen molar-refractivity contribution in [2.75, 3.05) is 6.54 Å². The number of carbonyl (C=O) groups is 2. The second kappa shape index (κ2) is 4.14. The Morgan fingerprint density at radius 1 is 1.44 bits per heavy atom. The van der Waals surface area contributed by atoms with Gasteiger partial charge in [0.05, 0.1) is 6.42 Å². The van der Waals surface area contributed by atoms with Crippen LogP contribution in [0.25, 0.3) is 0 Å². The van der Waals surface area contributed by atoms with Gasteiger partial charge in [0.2, 0.25) is 0 Å². The molecule has 2 fully saturated rings. The summed E-state index contributed by atoms with van der Waals surface area (Å²) in [4.78, 5) is 24.7. The summed E-state index contributed by atoms with van der Waals surface area (Å²) in [6.07, 6.45) is 2.45. The highest BCUT2D eigenvalue weighted by Gasteiger charge is 2.52. The number of nitrogens with zero attached hydrogens (tertiary/aromatic N) is 1. The molecule has 1 N–H and O–H groups in total. The van der Waals surface area contributed by atoms with Crippen LogP contribution >= 0.6 is 0 Å². The van der Waals surface area contributed by atoms with Crippen molar-refractivity contribution in [3.63, 3.8) is 0 Å². The number of aliphatic carboxylic acids is 1. The lowest BCUT2D eigenvalue weighted by molar-refractivity contribution is -0.139. The van der Waals surface area contributed by atoms with Crippen molar-refractivity contribution < 1.29 is 19.4 Å². The monoisotopic (exact) mass is 255 g/mol. The van der Waals surface area contributed by atoms with E-state index in [-0.39, 0.29) is 24.0 Å². The normalized spacial score (nSPS) is 30.6. The molecule has 5 nitrogen and oxygen atoms in total. The molecule has 1 saturated carbocycles. The quantitative estimate of drug-likeness (QED) is 0.821. The molecule has 1 amide bonds. The fourth-order valence-corrected chi connectivity index (χ4v) is 3.15. The highest BCUT2D eigenvalue weighted by molar-refractivity contribution is 5.71. The number of amides is 1. The molecule has 0 aromatic carbocycles. The van der Waals surface area contributed by atoms with Crippen LogP contribution in [0.3, 0.4) is 0 Å². The first-order valence-corrected chi connectivity index (χ1v) is 6.42. The largest absolute Gasteiger partial charge is 0.481 e. The van der Waals surface area contributed by atoms with Gasteiger partial charge in [-0.1, -0.05) is 0 Å². The van der Waals surface area contributed by atoms with Crippen molar-refractivity contribution in [2.45, 2.75) is 58.1 Å². The van der Waals surface area contributed by atoms with Crippen LogP contribution in [0.2, 0.25) is 0 Å². The summed E-state index contributed by atoms with van der Waals surface area (Å²) in [6, 6.07) is 0.166. The number of rotatable bonds is 2. The maximum atomic E-state index is 12.0. The third-order valence-corrected chi connectivity index (χ3v) is 3.78. The molecule has 1 aliphatic carbocycles. The second-order valence-electron chi connectivity index (χ2n) is 6.58. The molecule has 0 radical (unpaired) electrons. The van der Waals surface area contributed by atoms with Crippen molar-refractivity contribution in [1.82, 2.24) is 4.90 Å². The number of fused-ring (bicyclic) bond motifs is 2. The summed E-state index contributed by atoms with van der Waals surface area (Å²) in [7, 11) is 0. The SMILES string of the molecule is CC(C)(C)OC(=O)N1CC2(CC(=O)O)CCC1C2. The van der Waals surface area contributed by atoms with E-state index in [9.17, 15) is 9.59 Å². The van der Waals surface area contributed by atoms with Gasteiger partial charge in [-0.15, -0.1) is 0 Å². The van der Waals surface area contributed by atoms with E-state index in [2.05, 4.69) is 0 Å². The zero-order valence-electron chi connectivity index (χ0n) is 11.2. The lowest BCUT2D eigenvalue weighted by atomic mass is 9.84. The van der Waals surface area contributed by atoms with E-state index in [4.69, 9.17) is 9.84 Å². The summed E-state index contributed by atoms with van der Waals surface area (Å²) in [5.74, 6) is -0.776. The Kier molecular flexibility index (Phi) is 3.03. The standard InChI is InChI=1S/C13H21NO4/c1-12(2,3)18-11(17)14-8-13(7-10(15)16)5-4-9(14)6-13/h9H,4-8H2,1-3H3,(H,15,16). The molecule has 1 saturated heterocycles. The molecule has 0 spiro atoms. The Hall–Kier alpha value is -1.26. The fourth-order valence-electron chi connectivity index (χ4n) is 3.15. The first-order valence-electron chi connectivity index (χ1n) is 6.42. The maximum Gasteiger partial charge on any atom is 0.410 e. The van der Waals surface area contributed by atoms with Crippen molar-refractivity contribution in [3.8, 4) is 0 Å². The van der Waals surface area contributed by atoms with Crippen molar-refractivity contribution in [2.24, 2.45) is 5.41 Å². The zero-order valence-corrected chi connectivity index (χ0v) is 11.2. The van der Waals surface area contributed by atoms with E-state index in [1.54, 1.807) is 4.90 Å². The van der Waals surface area contributed by atoms with E-state index in [1.165, 1.54) is 0 Å². The first-order chi connectivity index (χ1) is 8.21. The highest BCUT2D eigenvalue weighted by atomic mass is 16.6. The van der Waals surface area contributed by atoms with Gasteiger partial charge >= 0.3 is 12.1 Å². The number of carboxylic acids is 1. The number of carbonyl (C=O) groups excluding carboxylic acids is 1. The number of ether oxygens (including phenoxy) is 1. The summed E-state index contributed by atoms with van der Waals surface area (Å²) >= 11 is 0. The summed E-state index contributed by atoms with van der Waals surface area (Å²) < 4.78 is 5.36. The molecule has 2 atom stereocenters. The summed E-state index contributed by atoms with van der Waals surface area (Å²) in [6.45, 7) is 6.05. The van der Waals surface area contributed by atoms with E-state index in [1.807, 2.05) is 20.8 Å². The number of hydrogen-bond acceptors (Lipinski definition) is 3. The maximum absolute atomic E-state index is 12.0. The first kappa shape index (κ1) is 13.2. The van der Waals surface area contributed by atoms with Crippen LogP contribution in [0.15, 0.2) is 0 Å². The Balaban J connectivity index is 2.02. The van der Waals surface area contributed by atoms with Crippen molar-refractivity contribution in [3.05, 3.63) is 0 Å². The van der Waals surface area contributed by atoms with Gasteiger partial charge in [0.1, 0.15) is 5.60 Å². The molecule has 2 unspecified atom stereocenters. The van der Waals surface area contributed by atoms with Gasteiger partial charge in [-0.25, -0.2) is 4.79 Å². The molecule has 0 aromatic rings. The molecule has 2 aliphatic rings. The van der Waals surface area contributed by atoms with E-state index in [0.717, 1.165) is 19.3 Å². The Labute approximate surface area is 107 Å². The van der Waals surface area contributed by atoms with Crippen LogP contribution in [-0.2, 0) is 9.53 Å². The smallest absolute Gasteiger partial charge is 0.410 e. The van der Waals surface area contributed by atoms with Crippen molar-refractivity contribution >= 4 is 12.1 Å². The van der Waals surface area contributed by atoms with E-state index in [0.29, 0.717) is 6.54 Å². The molecule has 5 heteroatoms. The Morgan fingerprint density at radius 2 is 2.11 bits per heavy atom. The van der Waals surface area contributed by atoms with E-state index < -0.39 is 11.6 Å². The molecular formula is C13H21NO4. The van der Waals surface area contributed by atoms with Gasteiger partial charge < -0.3 is 14.7 Å². The van der Waals surface area contributed by atoms with Crippen LogP contribution in [0.5, 0.6) is 0 Å². The molecule has 102 valence electrons.